The highest BCUT2D eigenvalue weighted by Crippen LogP contribution is 2.21. The number of hydrogen-bond donors (Lipinski definition) is 3. The number of anilines is 2. The fourth-order valence-corrected chi connectivity index (χ4v) is 1.84. The minimum absolute atomic E-state index is 0.0222. The van der Waals surface area contributed by atoms with Crippen LogP contribution >= 0.6 is 0 Å². The van der Waals surface area contributed by atoms with E-state index < -0.39 is 4.92 Å². The predicted molar refractivity (Wildman–Crippen MR) is 81.2 cm³/mol. The molecular weight excluding hydrogens is 304 g/mol. The zero-order chi connectivity index (χ0) is 16.8. The summed E-state index contributed by atoms with van der Waals surface area (Å²) in [6.45, 7) is 1.79. The lowest BCUT2D eigenvalue weighted by Crippen LogP contribution is -2.30. The number of amides is 1. The third-order valence-corrected chi connectivity index (χ3v) is 2.91. The van der Waals surface area contributed by atoms with Crippen LogP contribution in [-0.4, -0.2) is 43.9 Å². The van der Waals surface area contributed by atoms with Gasteiger partial charge in [0, 0.05) is 18.8 Å². The summed E-state index contributed by atoms with van der Waals surface area (Å²) in [5.74, 6) is 0.207. The predicted octanol–water partition coefficient (Wildman–Crippen LogP) is 0.347. The van der Waals surface area contributed by atoms with Crippen molar-refractivity contribution in [3.8, 4) is 0 Å². The maximum atomic E-state index is 11.5. The molecule has 0 bridgehead atoms. The molecule has 0 radical (unpaired) electrons. The summed E-state index contributed by atoms with van der Waals surface area (Å²) >= 11 is 0. The van der Waals surface area contributed by atoms with Gasteiger partial charge < -0.3 is 15.7 Å². The molecule has 3 N–H and O–H groups in total. The van der Waals surface area contributed by atoms with E-state index in [9.17, 15) is 14.9 Å². The second-order valence-electron chi connectivity index (χ2n) is 4.74. The first kappa shape index (κ1) is 16.4. The van der Waals surface area contributed by atoms with Crippen LogP contribution in [0, 0.1) is 17.0 Å². The smallest absolute Gasteiger partial charge is 0.287 e. The highest BCUT2D eigenvalue weighted by molar-refractivity contribution is 5.75. The lowest BCUT2D eigenvalue weighted by atomic mass is 10.2. The van der Waals surface area contributed by atoms with E-state index in [0.29, 0.717) is 17.1 Å². The van der Waals surface area contributed by atoms with Crippen molar-refractivity contribution in [2.45, 2.75) is 13.5 Å². The number of aliphatic hydroxyl groups is 1. The van der Waals surface area contributed by atoms with E-state index >= 15 is 0 Å². The molecule has 2 aromatic heterocycles. The number of aromatic nitrogens is 3. The molecule has 0 saturated carbocycles. The Morgan fingerprint density at radius 2 is 2.26 bits per heavy atom. The number of aliphatic hydroxyl groups excluding tert-OH is 1. The van der Waals surface area contributed by atoms with E-state index in [-0.39, 0.29) is 31.3 Å². The Morgan fingerprint density at radius 1 is 1.48 bits per heavy atom. The SMILES string of the molecule is Cc1cc([N+](=O)[O-])cnc1Nc1cnn(CC(=O)NCCO)c1. The monoisotopic (exact) mass is 320 g/mol. The molecule has 0 aliphatic heterocycles. The largest absolute Gasteiger partial charge is 0.395 e. The molecule has 10 heteroatoms. The number of carbonyl (C=O) groups excluding carboxylic acids is 1. The third kappa shape index (κ3) is 4.48. The van der Waals surface area contributed by atoms with Crippen molar-refractivity contribution >= 4 is 23.1 Å². The van der Waals surface area contributed by atoms with Crippen LogP contribution in [0.1, 0.15) is 5.56 Å². The molecule has 122 valence electrons. The summed E-state index contributed by atoms with van der Waals surface area (Å²) < 4.78 is 1.43. The van der Waals surface area contributed by atoms with Gasteiger partial charge in [0.2, 0.25) is 5.91 Å². The maximum Gasteiger partial charge on any atom is 0.287 e. The van der Waals surface area contributed by atoms with Gasteiger partial charge in [-0.15, -0.1) is 0 Å². The molecule has 1 amide bonds. The van der Waals surface area contributed by atoms with Gasteiger partial charge in [0.05, 0.1) is 23.4 Å². The van der Waals surface area contributed by atoms with Gasteiger partial charge in [-0.2, -0.15) is 5.10 Å². The summed E-state index contributed by atoms with van der Waals surface area (Å²) in [6, 6.07) is 1.42. The first-order chi connectivity index (χ1) is 11.0. The number of pyridine rings is 1. The molecule has 23 heavy (non-hydrogen) atoms. The molecular formula is C13H16N6O4. The lowest BCUT2D eigenvalue weighted by molar-refractivity contribution is -0.385. The van der Waals surface area contributed by atoms with Gasteiger partial charge in [-0.05, 0) is 12.5 Å². The van der Waals surface area contributed by atoms with Gasteiger partial charge in [0.25, 0.3) is 5.69 Å². The van der Waals surface area contributed by atoms with Gasteiger partial charge in [-0.25, -0.2) is 4.98 Å². The number of nitrogens with zero attached hydrogens (tertiary/aromatic N) is 4. The summed E-state index contributed by atoms with van der Waals surface area (Å²) in [5, 5.41) is 28.9. The van der Waals surface area contributed by atoms with E-state index in [0.717, 1.165) is 0 Å². The van der Waals surface area contributed by atoms with Crippen LogP contribution in [0.25, 0.3) is 0 Å². The van der Waals surface area contributed by atoms with E-state index in [2.05, 4.69) is 20.7 Å². The van der Waals surface area contributed by atoms with Crippen LogP contribution in [0.15, 0.2) is 24.7 Å². The molecule has 0 saturated heterocycles. The van der Waals surface area contributed by atoms with E-state index in [1.54, 1.807) is 13.1 Å². The molecule has 0 aromatic carbocycles. The minimum atomic E-state index is -0.507. The molecule has 2 rings (SSSR count). The topological polar surface area (TPSA) is 135 Å². The molecule has 0 aliphatic carbocycles. The van der Waals surface area contributed by atoms with Crippen LogP contribution in [-0.2, 0) is 11.3 Å². The second-order valence-corrected chi connectivity index (χ2v) is 4.74. The second kappa shape index (κ2) is 7.31. The van der Waals surface area contributed by atoms with Crippen LogP contribution in [0.2, 0.25) is 0 Å². The zero-order valence-corrected chi connectivity index (χ0v) is 12.4. The fourth-order valence-electron chi connectivity index (χ4n) is 1.84. The molecule has 0 aliphatic rings. The summed E-state index contributed by atoms with van der Waals surface area (Å²) in [5.41, 5.74) is 1.14. The van der Waals surface area contributed by atoms with Crippen molar-refractivity contribution in [2.75, 3.05) is 18.5 Å². The van der Waals surface area contributed by atoms with Gasteiger partial charge in [0.15, 0.2) is 0 Å². The molecule has 0 atom stereocenters. The third-order valence-electron chi connectivity index (χ3n) is 2.91. The number of hydrogen-bond acceptors (Lipinski definition) is 7. The number of aryl methyl sites for hydroxylation is 1. The Labute approximate surface area is 131 Å². The standard InChI is InChI=1S/C13H16N6O4/c1-9-4-11(19(22)23)6-15-13(9)17-10-5-16-18(7-10)8-12(21)14-2-3-20/h4-7,20H,2-3,8H2,1H3,(H,14,21)(H,15,17). The van der Waals surface area contributed by atoms with Crippen LogP contribution in [0.4, 0.5) is 17.2 Å². The zero-order valence-electron chi connectivity index (χ0n) is 12.4. The van der Waals surface area contributed by atoms with Crippen LogP contribution in [0.5, 0.6) is 0 Å². The average Bonchev–Trinajstić information content (AvgIpc) is 2.94. The van der Waals surface area contributed by atoms with Gasteiger partial charge in [-0.1, -0.05) is 0 Å². The number of carbonyl (C=O) groups is 1. The van der Waals surface area contributed by atoms with E-state index in [1.807, 2.05) is 0 Å². The Kier molecular flexibility index (Phi) is 5.20. The molecule has 2 heterocycles. The Bertz CT molecular complexity index is 714. The summed E-state index contributed by atoms with van der Waals surface area (Å²) in [6.07, 6.45) is 4.30. The van der Waals surface area contributed by atoms with Crippen molar-refractivity contribution in [1.29, 1.82) is 0 Å². The number of nitrogens with one attached hydrogen (secondary N) is 2. The minimum Gasteiger partial charge on any atom is -0.395 e. The Morgan fingerprint density at radius 3 is 2.91 bits per heavy atom. The van der Waals surface area contributed by atoms with Crippen molar-refractivity contribution < 1.29 is 14.8 Å². The summed E-state index contributed by atoms with van der Waals surface area (Å²) in [7, 11) is 0. The molecule has 0 fully saturated rings. The average molecular weight is 320 g/mol. The number of nitro groups is 1. The quantitative estimate of drug-likeness (QED) is 0.494. The van der Waals surface area contributed by atoms with E-state index in [1.165, 1.54) is 23.1 Å². The van der Waals surface area contributed by atoms with Crippen molar-refractivity contribution in [3.63, 3.8) is 0 Å². The van der Waals surface area contributed by atoms with Crippen LogP contribution < -0.4 is 10.6 Å². The van der Waals surface area contributed by atoms with Gasteiger partial charge in [-0.3, -0.25) is 19.6 Å². The normalized spacial score (nSPS) is 10.3. The molecule has 0 spiro atoms. The molecule has 2 aromatic rings. The molecule has 0 unspecified atom stereocenters. The highest BCUT2D eigenvalue weighted by Gasteiger charge is 2.10. The first-order valence-corrected chi connectivity index (χ1v) is 6.77. The van der Waals surface area contributed by atoms with Gasteiger partial charge in [0.1, 0.15) is 18.6 Å². The summed E-state index contributed by atoms with van der Waals surface area (Å²) in [4.78, 5) is 25.7. The first-order valence-electron chi connectivity index (χ1n) is 6.77. The maximum absolute atomic E-state index is 11.5. The lowest BCUT2D eigenvalue weighted by Gasteiger charge is -2.05. The Balaban J connectivity index is 2.01. The fraction of sp³-hybridized carbons (Fsp3) is 0.308. The highest BCUT2D eigenvalue weighted by atomic mass is 16.6. The van der Waals surface area contributed by atoms with Crippen molar-refractivity contribution in [2.24, 2.45) is 0 Å². The van der Waals surface area contributed by atoms with Crippen molar-refractivity contribution in [3.05, 3.63) is 40.3 Å². The van der Waals surface area contributed by atoms with E-state index in [4.69, 9.17) is 5.11 Å². The van der Waals surface area contributed by atoms with Gasteiger partial charge >= 0.3 is 0 Å². The number of rotatable bonds is 7. The Hall–Kier alpha value is -3.01. The van der Waals surface area contributed by atoms with Crippen molar-refractivity contribution in [1.82, 2.24) is 20.1 Å². The molecule has 10 nitrogen and oxygen atoms in total. The van der Waals surface area contributed by atoms with Crippen LogP contribution in [0.3, 0.4) is 0 Å².